The summed E-state index contributed by atoms with van der Waals surface area (Å²) in [6.45, 7) is 0.821. The summed E-state index contributed by atoms with van der Waals surface area (Å²) in [5.41, 5.74) is 2.07. The van der Waals surface area contributed by atoms with Crippen LogP contribution in [0.15, 0.2) is 59.7 Å². The number of carbonyl (C=O) groups excluding carboxylic acids is 1. The third kappa shape index (κ3) is 4.36. The van der Waals surface area contributed by atoms with E-state index >= 15 is 0 Å². The van der Waals surface area contributed by atoms with Crippen molar-refractivity contribution in [2.75, 3.05) is 20.1 Å². The van der Waals surface area contributed by atoms with Gasteiger partial charge in [0.05, 0.1) is 9.85 Å². The number of ketones is 1. The lowest BCUT2D eigenvalue weighted by molar-refractivity contribution is -0.385. The molecule has 0 amide bonds. The van der Waals surface area contributed by atoms with Crippen molar-refractivity contribution in [3.05, 3.63) is 91.0 Å². The maximum atomic E-state index is 12.9. The number of non-ortho nitro benzene ring substituents is 2. The van der Waals surface area contributed by atoms with Crippen LogP contribution in [0.2, 0.25) is 0 Å². The van der Waals surface area contributed by atoms with Crippen LogP contribution in [0.3, 0.4) is 0 Å². The molecule has 1 aliphatic heterocycles. The third-order valence-corrected chi connectivity index (χ3v) is 4.31. The fourth-order valence-corrected chi connectivity index (χ4v) is 3.07. The molecular weight excluding hydrogens is 362 g/mol. The van der Waals surface area contributed by atoms with E-state index in [4.69, 9.17) is 0 Å². The molecule has 0 aliphatic carbocycles. The van der Waals surface area contributed by atoms with Crippen molar-refractivity contribution in [3.8, 4) is 0 Å². The van der Waals surface area contributed by atoms with Gasteiger partial charge < -0.3 is 0 Å². The van der Waals surface area contributed by atoms with E-state index in [1.165, 1.54) is 24.3 Å². The lowest BCUT2D eigenvalue weighted by atomic mass is 9.94. The highest BCUT2D eigenvalue weighted by Crippen LogP contribution is 2.23. The molecule has 1 heterocycles. The zero-order valence-electron chi connectivity index (χ0n) is 15.1. The summed E-state index contributed by atoms with van der Waals surface area (Å²) in [5, 5.41) is 21.9. The van der Waals surface area contributed by atoms with Gasteiger partial charge in [0.2, 0.25) is 0 Å². The first-order valence-corrected chi connectivity index (χ1v) is 8.47. The summed E-state index contributed by atoms with van der Waals surface area (Å²) in [6.07, 6.45) is 3.29. The van der Waals surface area contributed by atoms with Crippen molar-refractivity contribution >= 4 is 29.3 Å². The number of nitrogens with zero attached hydrogens (tertiary/aromatic N) is 3. The van der Waals surface area contributed by atoms with Gasteiger partial charge in [0.1, 0.15) is 0 Å². The third-order valence-electron chi connectivity index (χ3n) is 4.31. The monoisotopic (exact) mass is 379 g/mol. The van der Waals surface area contributed by atoms with E-state index in [0.717, 1.165) is 0 Å². The highest BCUT2D eigenvalue weighted by molar-refractivity contribution is 6.14. The van der Waals surface area contributed by atoms with Crippen LogP contribution in [0.1, 0.15) is 11.1 Å². The molecule has 3 rings (SSSR count). The molecule has 0 saturated carbocycles. The van der Waals surface area contributed by atoms with Gasteiger partial charge in [-0.15, -0.1) is 0 Å². The summed E-state index contributed by atoms with van der Waals surface area (Å²) >= 11 is 0. The van der Waals surface area contributed by atoms with Crippen LogP contribution in [-0.4, -0.2) is 40.7 Å². The molecule has 1 fully saturated rings. The molecule has 0 atom stereocenters. The molecule has 0 spiro atoms. The van der Waals surface area contributed by atoms with Gasteiger partial charge in [-0.2, -0.15) is 0 Å². The quantitative estimate of drug-likeness (QED) is 0.457. The Morgan fingerprint density at radius 1 is 0.857 bits per heavy atom. The highest BCUT2D eigenvalue weighted by atomic mass is 16.6. The summed E-state index contributed by atoms with van der Waals surface area (Å²) in [6, 6.07) is 12.2. The lowest BCUT2D eigenvalue weighted by Crippen LogP contribution is -2.34. The molecule has 0 radical (unpaired) electrons. The van der Waals surface area contributed by atoms with Crippen LogP contribution in [0, 0.1) is 20.2 Å². The zero-order chi connectivity index (χ0) is 20.3. The minimum atomic E-state index is -0.482. The van der Waals surface area contributed by atoms with Gasteiger partial charge in [-0.1, -0.05) is 24.3 Å². The van der Waals surface area contributed by atoms with Gasteiger partial charge in [-0.25, -0.2) is 0 Å². The Bertz CT molecular complexity index is 947. The van der Waals surface area contributed by atoms with Crippen LogP contribution in [0.25, 0.3) is 12.2 Å². The zero-order valence-corrected chi connectivity index (χ0v) is 15.1. The second kappa shape index (κ2) is 7.93. The Balaban J connectivity index is 1.94. The Labute approximate surface area is 160 Å². The fourth-order valence-electron chi connectivity index (χ4n) is 3.07. The van der Waals surface area contributed by atoms with Gasteiger partial charge >= 0.3 is 0 Å². The Kier molecular flexibility index (Phi) is 5.42. The van der Waals surface area contributed by atoms with Crippen molar-refractivity contribution in [2.24, 2.45) is 0 Å². The summed E-state index contributed by atoms with van der Waals surface area (Å²) in [4.78, 5) is 35.8. The van der Waals surface area contributed by atoms with E-state index in [1.807, 2.05) is 11.9 Å². The summed E-state index contributed by atoms with van der Waals surface area (Å²) in [7, 11) is 1.86. The molecule has 2 aromatic rings. The minimum Gasteiger partial charge on any atom is -0.298 e. The molecule has 0 unspecified atom stereocenters. The van der Waals surface area contributed by atoms with E-state index in [-0.39, 0.29) is 17.2 Å². The first-order valence-electron chi connectivity index (χ1n) is 8.47. The second-order valence-corrected chi connectivity index (χ2v) is 6.54. The molecular formula is C20H17N3O5. The minimum absolute atomic E-state index is 0.0432. The number of likely N-dealkylation sites (N-methyl/N-ethyl adjacent to an activating group) is 1. The van der Waals surface area contributed by atoms with Crippen molar-refractivity contribution in [1.29, 1.82) is 0 Å². The number of Topliss-reactive ketones (excluding diaryl/α,β-unsaturated/α-hetero) is 1. The maximum Gasteiger partial charge on any atom is 0.270 e. The largest absolute Gasteiger partial charge is 0.298 e. The van der Waals surface area contributed by atoms with Crippen molar-refractivity contribution in [3.63, 3.8) is 0 Å². The fraction of sp³-hybridized carbons (Fsp3) is 0.150. The molecule has 142 valence electrons. The number of hydrogen-bond acceptors (Lipinski definition) is 6. The van der Waals surface area contributed by atoms with E-state index < -0.39 is 9.85 Å². The number of piperidine rings is 1. The molecule has 8 nitrogen and oxygen atoms in total. The Morgan fingerprint density at radius 2 is 1.29 bits per heavy atom. The van der Waals surface area contributed by atoms with E-state index in [0.29, 0.717) is 35.4 Å². The standard InChI is InChI=1S/C20H17N3O5/c1-21-12-16(8-14-4-2-6-18(10-14)22(25)26)20(24)17(13-21)9-15-5-3-7-19(11-15)23(27)28/h2-11H,12-13H2,1H3. The van der Waals surface area contributed by atoms with Crippen molar-refractivity contribution in [2.45, 2.75) is 0 Å². The number of rotatable bonds is 4. The topological polar surface area (TPSA) is 107 Å². The number of likely N-dealkylation sites (tertiary alicyclic amines) is 1. The SMILES string of the molecule is CN1CC(=Cc2cccc([N+](=O)[O-])c2)C(=O)C(=Cc2cccc([N+](=O)[O-])c2)C1. The molecule has 2 aromatic carbocycles. The lowest BCUT2D eigenvalue weighted by Gasteiger charge is -2.26. The number of hydrogen-bond donors (Lipinski definition) is 0. The van der Waals surface area contributed by atoms with Gasteiger partial charge in [0.15, 0.2) is 5.78 Å². The first-order chi connectivity index (χ1) is 13.3. The number of nitro groups is 2. The average Bonchev–Trinajstić information content (AvgIpc) is 2.66. The molecule has 1 aliphatic rings. The molecule has 28 heavy (non-hydrogen) atoms. The molecule has 1 saturated heterocycles. The number of nitro benzene ring substituents is 2. The van der Waals surface area contributed by atoms with Crippen LogP contribution in [0.5, 0.6) is 0 Å². The predicted octanol–water partition coefficient (Wildman–Crippen LogP) is 3.48. The number of carbonyl (C=O) groups is 1. The second-order valence-electron chi connectivity index (χ2n) is 6.54. The first kappa shape index (κ1) is 19.1. The Morgan fingerprint density at radius 3 is 1.68 bits per heavy atom. The van der Waals surface area contributed by atoms with Gasteiger partial charge in [-0.05, 0) is 30.3 Å². The van der Waals surface area contributed by atoms with Gasteiger partial charge in [0, 0.05) is 48.5 Å². The Hall–Kier alpha value is -3.65. The van der Waals surface area contributed by atoms with Crippen LogP contribution >= 0.6 is 0 Å². The smallest absolute Gasteiger partial charge is 0.270 e. The van der Waals surface area contributed by atoms with E-state index in [9.17, 15) is 25.0 Å². The van der Waals surface area contributed by atoms with Crippen LogP contribution in [0.4, 0.5) is 11.4 Å². The maximum absolute atomic E-state index is 12.9. The van der Waals surface area contributed by atoms with Gasteiger partial charge in [-0.3, -0.25) is 29.9 Å². The normalized spacial score (nSPS) is 17.8. The summed E-state index contributed by atoms with van der Waals surface area (Å²) < 4.78 is 0. The van der Waals surface area contributed by atoms with Crippen molar-refractivity contribution < 1.29 is 14.6 Å². The van der Waals surface area contributed by atoms with Crippen molar-refractivity contribution in [1.82, 2.24) is 4.90 Å². The molecule has 8 heteroatoms. The van der Waals surface area contributed by atoms with Crippen LogP contribution < -0.4 is 0 Å². The number of benzene rings is 2. The predicted molar refractivity (Wildman–Crippen MR) is 105 cm³/mol. The highest BCUT2D eigenvalue weighted by Gasteiger charge is 2.24. The van der Waals surface area contributed by atoms with Crippen LogP contribution in [-0.2, 0) is 4.79 Å². The van der Waals surface area contributed by atoms with E-state index in [1.54, 1.807) is 36.4 Å². The average molecular weight is 379 g/mol. The molecule has 0 N–H and O–H groups in total. The molecule has 0 aromatic heterocycles. The van der Waals surface area contributed by atoms with Gasteiger partial charge in [0.25, 0.3) is 11.4 Å². The van der Waals surface area contributed by atoms with E-state index in [2.05, 4.69) is 0 Å². The summed E-state index contributed by atoms with van der Waals surface area (Å²) in [5.74, 6) is -0.170. The molecule has 0 bridgehead atoms.